The first-order chi connectivity index (χ1) is 10.1. The maximum absolute atomic E-state index is 12.6. The van der Waals surface area contributed by atoms with Crippen LogP contribution in [0.5, 0.6) is 0 Å². The first-order valence-electron chi connectivity index (χ1n) is 7.70. The molecule has 1 aromatic heterocycles. The summed E-state index contributed by atoms with van der Waals surface area (Å²) in [5, 5.41) is 4.15. The summed E-state index contributed by atoms with van der Waals surface area (Å²) < 4.78 is 7.62. The molecule has 0 spiro atoms. The Morgan fingerprint density at radius 3 is 3.05 bits per heavy atom. The summed E-state index contributed by atoms with van der Waals surface area (Å²) in [4.78, 5) is 16.9. The Morgan fingerprint density at radius 1 is 1.43 bits per heavy atom. The molecule has 0 aromatic carbocycles. The molecule has 0 radical (unpaired) electrons. The monoisotopic (exact) mass is 292 g/mol. The van der Waals surface area contributed by atoms with Gasteiger partial charge in [-0.15, -0.1) is 0 Å². The lowest BCUT2D eigenvalue weighted by molar-refractivity contribution is -0.151. The van der Waals surface area contributed by atoms with Crippen molar-refractivity contribution in [2.75, 3.05) is 33.3 Å². The molecule has 3 rings (SSSR count). The van der Waals surface area contributed by atoms with Crippen LogP contribution in [0.1, 0.15) is 18.4 Å². The van der Waals surface area contributed by atoms with Crippen LogP contribution in [0.4, 0.5) is 0 Å². The topological polar surface area (TPSA) is 50.6 Å². The van der Waals surface area contributed by atoms with E-state index >= 15 is 0 Å². The van der Waals surface area contributed by atoms with Crippen molar-refractivity contribution in [2.45, 2.75) is 31.4 Å². The van der Waals surface area contributed by atoms with Crippen LogP contribution in [-0.4, -0.2) is 70.9 Å². The summed E-state index contributed by atoms with van der Waals surface area (Å²) in [5.41, 5.74) is 1.12. The molecule has 2 saturated heterocycles. The maximum Gasteiger partial charge on any atom is 0.223 e. The van der Waals surface area contributed by atoms with Crippen LogP contribution in [0, 0.1) is 0 Å². The third-order valence-electron chi connectivity index (χ3n) is 4.49. The van der Waals surface area contributed by atoms with Gasteiger partial charge in [-0.25, -0.2) is 0 Å². The van der Waals surface area contributed by atoms with Crippen molar-refractivity contribution in [2.24, 2.45) is 7.05 Å². The predicted molar refractivity (Wildman–Crippen MR) is 78.9 cm³/mol. The lowest BCUT2D eigenvalue weighted by Gasteiger charge is -2.46. The molecular formula is C15H24N4O2. The number of aryl methyl sites for hydroxylation is 2. The highest BCUT2D eigenvalue weighted by molar-refractivity contribution is 5.77. The summed E-state index contributed by atoms with van der Waals surface area (Å²) in [6.45, 7) is 3.37. The second-order valence-corrected chi connectivity index (χ2v) is 6.14. The number of likely N-dealkylation sites (N-methyl/N-ethyl adjacent to an activating group) is 1. The van der Waals surface area contributed by atoms with Crippen molar-refractivity contribution in [3.63, 3.8) is 0 Å². The third-order valence-corrected chi connectivity index (χ3v) is 4.49. The largest absolute Gasteiger partial charge is 0.374 e. The smallest absolute Gasteiger partial charge is 0.223 e. The lowest BCUT2D eigenvalue weighted by Crippen LogP contribution is -2.60. The van der Waals surface area contributed by atoms with E-state index in [2.05, 4.69) is 17.0 Å². The van der Waals surface area contributed by atoms with E-state index in [0.29, 0.717) is 13.0 Å². The number of carbonyl (C=O) groups excluding carboxylic acids is 1. The summed E-state index contributed by atoms with van der Waals surface area (Å²) in [7, 11) is 4.01. The minimum atomic E-state index is 0.220. The van der Waals surface area contributed by atoms with Crippen molar-refractivity contribution >= 4 is 5.91 Å². The molecule has 2 aliphatic heterocycles. The zero-order valence-electron chi connectivity index (χ0n) is 12.9. The Morgan fingerprint density at radius 2 is 2.29 bits per heavy atom. The second-order valence-electron chi connectivity index (χ2n) is 6.14. The number of amides is 1. The number of hydrogen-bond donors (Lipinski definition) is 0. The van der Waals surface area contributed by atoms with Gasteiger partial charge in [-0.3, -0.25) is 9.48 Å². The molecule has 0 aliphatic carbocycles. The minimum absolute atomic E-state index is 0.220. The van der Waals surface area contributed by atoms with Gasteiger partial charge in [-0.05, 0) is 25.5 Å². The fourth-order valence-corrected chi connectivity index (χ4v) is 3.34. The fourth-order valence-electron chi connectivity index (χ4n) is 3.34. The van der Waals surface area contributed by atoms with Gasteiger partial charge < -0.3 is 14.5 Å². The number of piperidine rings is 1. The van der Waals surface area contributed by atoms with E-state index in [9.17, 15) is 4.79 Å². The molecule has 2 unspecified atom stereocenters. The molecule has 2 fully saturated rings. The summed E-state index contributed by atoms with van der Waals surface area (Å²) in [6, 6.07) is 0.221. The Labute approximate surface area is 125 Å². The van der Waals surface area contributed by atoms with E-state index in [-0.39, 0.29) is 18.1 Å². The Kier molecular flexibility index (Phi) is 4.26. The number of likely N-dealkylation sites (tertiary alicyclic amines) is 1. The van der Waals surface area contributed by atoms with Gasteiger partial charge in [0.1, 0.15) is 0 Å². The molecule has 2 aliphatic rings. The second kappa shape index (κ2) is 6.15. The van der Waals surface area contributed by atoms with Crippen LogP contribution in [0.2, 0.25) is 0 Å². The SMILES string of the molecule is CN1CCC2OCCN(C(=O)CCc3cnn(C)c3)C2C1. The molecular weight excluding hydrogens is 268 g/mol. The Bertz CT molecular complexity index is 502. The van der Waals surface area contributed by atoms with Crippen LogP contribution in [-0.2, 0) is 23.0 Å². The van der Waals surface area contributed by atoms with Crippen molar-refractivity contribution in [1.82, 2.24) is 19.6 Å². The summed E-state index contributed by atoms with van der Waals surface area (Å²) in [5.74, 6) is 0.243. The molecule has 0 bridgehead atoms. The van der Waals surface area contributed by atoms with Crippen LogP contribution in [0.15, 0.2) is 12.4 Å². The molecule has 21 heavy (non-hydrogen) atoms. The highest BCUT2D eigenvalue weighted by Crippen LogP contribution is 2.23. The van der Waals surface area contributed by atoms with Crippen molar-refractivity contribution in [1.29, 1.82) is 0 Å². The van der Waals surface area contributed by atoms with Crippen molar-refractivity contribution in [3.05, 3.63) is 18.0 Å². The van der Waals surface area contributed by atoms with Crippen molar-refractivity contribution < 1.29 is 9.53 Å². The fraction of sp³-hybridized carbons (Fsp3) is 0.733. The third kappa shape index (κ3) is 3.27. The van der Waals surface area contributed by atoms with E-state index in [4.69, 9.17) is 4.74 Å². The Hall–Kier alpha value is -1.40. The zero-order valence-corrected chi connectivity index (χ0v) is 12.9. The number of hydrogen-bond acceptors (Lipinski definition) is 4. The van der Waals surface area contributed by atoms with E-state index < -0.39 is 0 Å². The number of morpholine rings is 1. The van der Waals surface area contributed by atoms with E-state index in [1.165, 1.54) is 0 Å². The van der Waals surface area contributed by atoms with Gasteiger partial charge in [0.15, 0.2) is 0 Å². The number of ether oxygens (including phenoxy) is 1. The number of rotatable bonds is 3. The predicted octanol–water partition coefficient (Wildman–Crippen LogP) is 0.284. The number of carbonyl (C=O) groups is 1. The van der Waals surface area contributed by atoms with Crippen molar-refractivity contribution in [3.8, 4) is 0 Å². The van der Waals surface area contributed by atoms with E-state index in [1.54, 1.807) is 4.68 Å². The van der Waals surface area contributed by atoms with Gasteiger partial charge in [-0.1, -0.05) is 0 Å². The molecule has 0 N–H and O–H groups in total. The Balaban J connectivity index is 1.60. The van der Waals surface area contributed by atoms with Gasteiger partial charge >= 0.3 is 0 Å². The average molecular weight is 292 g/mol. The zero-order chi connectivity index (χ0) is 14.8. The van der Waals surface area contributed by atoms with Crippen LogP contribution < -0.4 is 0 Å². The quantitative estimate of drug-likeness (QED) is 0.803. The normalized spacial score (nSPS) is 26.7. The van der Waals surface area contributed by atoms with Gasteiger partial charge in [-0.2, -0.15) is 5.10 Å². The summed E-state index contributed by atoms with van der Waals surface area (Å²) in [6.07, 6.45) is 6.37. The molecule has 6 nitrogen and oxygen atoms in total. The minimum Gasteiger partial charge on any atom is -0.374 e. The molecule has 116 valence electrons. The van der Waals surface area contributed by atoms with Gasteiger partial charge in [0.05, 0.1) is 24.9 Å². The van der Waals surface area contributed by atoms with E-state index in [1.807, 2.05) is 24.3 Å². The number of fused-ring (bicyclic) bond motifs is 1. The van der Waals surface area contributed by atoms with Gasteiger partial charge in [0.2, 0.25) is 5.91 Å². The van der Waals surface area contributed by atoms with Gasteiger partial charge in [0.25, 0.3) is 0 Å². The van der Waals surface area contributed by atoms with Crippen LogP contribution in [0.25, 0.3) is 0 Å². The van der Waals surface area contributed by atoms with Crippen LogP contribution in [0.3, 0.4) is 0 Å². The molecule has 0 saturated carbocycles. The first-order valence-corrected chi connectivity index (χ1v) is 7.70. The molecule has 2 atom stereocenters. The average Bonchev–Trinajstić information content (AvgIpc) is 2.89. The summed E-state index contributed by atoms with van der Waals surface area (Å²) >= 11 is 0. The molecule has 1 aromatic rings. The lowest BCUT2D eigenvalue weighted by atomic mass is 9.98. The van der Waals surface area contributed by atoms with Gasteiger partial charge in [0, 0.05) is 39.3 Å². The molecule has 6 heteroatoms. The standard InChI is InChI=1S/C15H24N4O2/c1-17-6-5-14-13(11-17)19(7-8-21-14)15(20)4-3-12-9-16-18(2)10-12/h9-10,13-14H,3-8,11H2,1-2H3. The molecule has 3 heterocycles. The number of nitrogens with zero attached hydrogens (tertiary/aromatic N) is 4. The highest BCUT2D eigenvalue weighted by Gasteiger charge is 2.37. The maximum atomic E-state index is 12.6. The molecule has 1 amide bonds. The highest BCUT2D eigenvalue weighted by atomic mass is 16.5. The first kappa shape index (κ1) is 14.5. The number of aromatic nitrogens is 2. The van der Waals surface area contributed by atoms with E-state index in [0.717, 1.165) is 38.0 Å². The van der Waals surface area contributed by atoms with Crippen LogP contribution >= 0.6 is 0 Å².